The quantitative estimate of drug-likeness (QED) is 0.641. The van der Waals surface area contributed by atoms with Gasteiger partial charge in [0.2, 0.25) is 0 Å². The van der Waals surface area contributed by atoms with Crippen molar-refractivity contribution in [3.63, 3.8) is 0 Å². The van der Waals surface area contributed by atoms with Crippen molar-refractivity contribution in [1.82, 2.24) is 0 Å². The number of nitrogens with two attached hydrogens (primary N) is 1. The van der Waals surface area contributed by atoms with Crippen LogP contribution in [-0.2, 0) is 4.74 Å². The molecule has 1 fully saturated rings. The van der Waals surface area contributed by atoms with Crippen molar-refractivity contribution < 1.29 is 13.9 Å². The van der Waals surface area contributed by atoms with E-state index in [0.717, 1.165) is 25.7 Å². The van der Waals surface area contributed by atoms with E-state index in [1.807, 2.05) is 0 Å². The molecule has 4 nitrogen and oxygen atoms in total. The number of hydrogen-bond donors (Lipinski definition) is 2. The zero-order valence-electron chi connectivity index (χ0n) is 12.0. The topological polar surface area (TPSA) is 64.3 Å². The number of esters is 1. The number of nitrogen functional groups attached to an aromatic ring is 1. The summed E-state index contributed by atoms with van der Waals surface area (Å²) in [5, 5.41) is 3.24. The van der Waals surface area contributed by atoms with Crippen LogP contribution in [0.4, 0.5) is 15.8 Å². The number of anilines is 2. The fourth-order valence-corrected chi connectivity index (χ4v) is 2.53. The third-order valence-electron chi connectivity index (χ3n) is 4.02. The van der Waals surface area contributed by atoms with E-state index < -0.39 is 11.8 Å². The smallest absolute Gasteiger partial charge is 0.340 e. The van der Waals surface area contributed by atoms with E-state index in [0.29, 0.717) is 5.69 Å². The summed E-state index contributed by atoms with van der Waals surface area (Å²) in [5.41, 5.74) is 6.28. The summed E-state index contributed by atoms with van der Waals surface area (Å²) < 4.78 is 18.9. The van der Waals surface area contributed by atoms with Crippen molar-refractivity contribution in [3.8, 4) is 0 Å². The first-order valence-corrected chi connectivity index (χ1v) is 7.05. The van der Waals surface area contributed by atoms with Crippen LogP contribution >= 0.6 is 0 Å². The molecule has 1 aromatic carbocycles. The first-order chi connectivity index (χ1) is 9.51. The molecule has 0 heterocycles. The maximum Gasteiger partial charge on any atom is 0.340 e. The second kappa shape index (κ2) is 5.69. The van der Waals surface area contributed by atoms with Gasteiger partial charge in [-0.25, -0.2) is 9.18 Å². The monoisotopic (exact) mass is 280 g/mol. The third-order valence-corrected chi connectivity index (χ3v) is 4.02. The molecule has 1 aliphatic rings. The lowest BCUT2D eigenvalue weighted by molar-refractivity contribution is 0.0527. The number of carbonyl (C=O) groups is 1. The summed E-state index contributed by atoms with van der Waals surface area (Å²) in [4.78, 5) is 11.8. The van der Waals surface area contributed by atoms with Gasteiger partial charge in [0.25, 0.3) is 0 Å². The molecule has 5 heteroatoms. The average Bonchev–Trinajstić information content (AvgIpc) is 2.36. The predicted octanol–water partition coefficient (Wildman–Crippen LogP) is 3.33. The highest BCUT2D eigenvalue weighted by atomic mass is 19.1. The van der Waals surface area contributed by atoms with E-state index in [2.05, 4.69) is 12.2 Å². The highest BCUT2D eigenvalue weighted by Crippen LogP contribution is 2.39. The second-order valence-corrected chi connectivity index (χ2v) is 5.25. The summed E-state index contributed by atoms with van der Waals surface area (Å²) in [6.07, 6.45) is 4.10. The Morgan fingerprint density at radius 1 is 1.45 bits per heavy atom. The van der Waals surface area contributed by atoms with Gasteiger partial charge in [-0.1, -0.05) is 6.92 Å². The van der Waals surface area contributed by atoms with Crippen molar-refractivity contribution in [1.29, 1.82) is 0 Å². The van der Waals surface area contributed by atoms with Crippen LogP contribution in [0.15, 0.2) is 12.1 Å². The SMILES string of the molecule is CCOC(=O)c1cc(NC2(CC)CCC2)c(F)cc1N. The zero-order valence-corrected chi connectivity index (χ0v) is 12.0. The molecule has 0 spiro atoms. The Morgan fingerprint density at radius 3 is 2.65 bits per heavy atom. The van der Waals surface area contributed by atoms with E-state index in [4.69, 9.17) is 10.5 Å². The van der Waals surface area contributed by atoms with Crippen LogP contribution in [0.1, 0.15) is 49.9 Å². The number of rotatable bonds is 5. The first-order valence-electron chi connectivity index (χ1n) is 7.05. The van der Waals surface area contributed by atoms with Gasteiger partial charge in [-0.3, -0.25) is 0 Å². The molecule has 0 saturated heterocycles. The summed E-state index contributed by atoms with van der Waals surface area (Å²) in [6.45, 7) is 4.06. The Labute approximate surface area is 118 Å². The maximum atomic E-state index is 14.0. The van der Waals surface area contributed by atoms with Crippen molar-refractivity contribution in [2.24, 2.45) is 0 Å². The lowest BCUT2D eigenvalue weighted by atomic mass is 9.74. The molecule has 0 unspecified atom stereocenters. The minimum atomic E-state index is -0.521. The standard InChI is InChI=1S/C15H21FN2O2/c1-3-15(6-5-7-15)18-13-8-10(14(19)20-4-2)12(17)9-11(13)16/h8-9,18H,3-7,17H2,1-2H3. The lowest BCUT2D eigenvalue weighted by Gasteiger charge is -2.43. The fraction of sp³-hybridized carbons (Fsp3) is 0.533. The largest absolute Gasteiger partial charge is 0.462 e. The minimum Gasteiger partial charge on any atom is -0.462 e. The van der Waals surface area contributed by atoms with Crippen LogP contribution < -0.4 is 11.1 Å². The van der Waals surface area contributed by atoms with E-state index in [1.165, 1.54) is 12.1 Å². The van der Waals surface area contributed by atoms with Crippen molar-refractivity contribution in [2.45, 2.75) is 45.1 Å². The van der Waals surface area contributed by atoms with Gasteiger partial charge in [0, 0.05) is 11.2 Å². The molecule has 1 aromatic rings. The molecule has 2 rings (SSSR count). The Hall–Kier alpha value is -1.78. The lowest BCUT2D eigenvalue weighted by Crippen LogP contribution is -2.44. The highest BCUT2D eigenvalue weighted by Gasteiger charge is 2.35. The maximum absolute atomic E-state index is 14.0. The molecule has 1 saturated carbocycles. The van der Waals surface area contributed by atoms with Gasteiger partial charge in [0.05, 0.1) is 17.9 Å². The number of ether oxygens (including phenoxy) is 1. The normalized spacial score (nSPS) is 16.4. The molecule has 0 amide bonds. The number of benzene rings is 1. The Morgan fingerprint density at radius 2 is 2.15 bits per heavy atom. The fourth-order valence-electron chi connectivity index (χ4n) is 2.53. The summed E-state index contributed by atoms with van der Waals surface area (Å²) in [7, 11) is 0. The molecule has 0 aromatic heterocycles. The van der Waals surface area contributed by atoms with Gasteiger partial charge in [0.1, 0.15) is 5.82 Å². The van der Waals surface area contributed by atoms with E-state index in [1.54, 1.807) is 6.92 Å². The van der Waals surface area contributed by atoms with Crippen LogP contribution in [0.5, 0.6) is 0 Å². The number of halogens is 1. The van der Waals surface area contributed by atoms with Crippen molar-refractivity contribution >= 4 is 17.3 Å². The number of carbonyl (C=O) groups excluding carboxylic acids is 1. The second-order valence-electron chi connectivity index (χ2n) is 5.25. The summed E-state index contributed by atoms with van der Waals surface area (Å²) >= 11 is 0. The molecular weight excluding hydrogens is 259 g/mol. The van der Waals surface area contributed by atoms with E-state index in [9.17, 15) is 9.18 Å². The third kappa shape index (κ3) is 2.71. The molecule has 0 radical (unpaired) electrons. The van der Waals surface area contributed by atoms with Crippen molar-refractivity contribution in [2.75, 3.05) is 17.7 Å². The van der Waals surface area contributed by atoms with Gasteiger partial charge >= 0.3 is 5.97 Å². The Balaban J connectivity index is 2.29. The van der Waals surface area contributed by atoms with Crippen LogP contribution in [-0.4, -0.2) is 18.1 Å². The van der Waals surface area contributed by atoms with Crippen LogP contribution in [0.2, 0.25) is 0 Å². The molecule has 0 aliphatic heterocycles. The molecule has 1 aliphatic carbocycles. The highest BCUT2D eigenvalue weighted by molar-refractivity contribution is 5.96. The van der Waals surface area contributed by atoms with Gasteiger partial charge in [-0.15, -0.1) is 0 Å². The number of nitrogens with one attached hydrogen (secondary N) is 1. The number of hydrogen-bond acceptors (Lipinski definition) is 4. The van der Waals surface area contributed by atoms with Gasteiger partial charge in [-0.2, -0.15) is 0 Å². The summed E-state index contributed by atoms with van der Waals surface area (Å²) in [5.74, 6) is -0.956. The Bertz CT molecular complexity index is 507. The molecule has 20 heavy (non-hydrogen) atoms. The van der Waals surface area contributed by atoms with E-state index in [-0.39, 0.29) is 23.4 Å². The van der Waals surface area contributed by atoms with Gasteiger partial charge < -0.3 is 15.8 Å². The summed E-state index contributed by atoms with van der Waals surface area (Å²) in [6, 6.07) is 2.63. The van der Waals surface area contributed by atoms with Gasteiger partial charge in [-0.05, 0) is 44.7 Å². The van der Waals surface area contributed by atoms with Crippen LogP contribution in [0.3, 0.4) is 0 Å². The first kappa shape index (κ1) is 14.6. The molecule has 3 N–H and O–H groups in total. The minimum absolute atomic E-state index is 0.0527. The van der Waals surface area contributed by atoms with Gasteiger partial charge in [0.15, 0.2) is 0 Å². The molecule has 110 valence electrons. The van der Waals surface area contributed by atoms with Crippen LogP contribution in [0, 0.1) is 5.82 Å². The van der Waals surface area contributed by atoms with E-state index >= 15 is 0 Å². The molecule has 0 atom stereocenters. The Kier molecular flexibility index (Phi) is 4.16. The van der Waals surface area contributed by atoms with Crippen molar-refractivity contribution in [3.05, 3.63) is 23.5 Å². The average molecular weight is 280 g/mol. The predicted molar refractivity (Wildman–Crippen MR) is 77.3 cm³/mol. The van der Waals surface area contributed by atoms with Crippen LogP contribution in [0.25, 0.3) is 0 Å². The molecule has 0 bridgehead atoms. The zero-order chi connectivity index (χ0) is 14.8. The molecular formula is C15H21FN2O2.